The van der Waals surface area contributed by atoms with Gasteiger partial charge in [0.25, 0.3) is 0 Å². The summed E-state index contributed by atoms with van der Waals surface area (Å²) in [5.74, 6) is -0.908. The van der Waals surface area contributed by atoms with Gasteiger partial charge in [0.05, 0.1) is 11.1 Å². The Morgan fingerprint density at radius 1 is 1.10 bits per heavy atom. The Kier molecular flexibility index (Phi) is 8.70. The molecule has 0 aliphatic carbocycles. The van der Waals surface area contributed by atoms with Gasteiger partial charge >= 0.3 is 5.97 Å². The summed E-state index contributed by atoms with van der Waals surface area (Å²) < 4.78 is 29.7. The highest BCUT2D eigenvalue weighted by Gasteiger charge is 2.20. The highest BCUT2D eigenvalue weighted by Crippen LogP contribution is 2.21. The molecule has 2 rings (SSSR count). The van der Waals surface area contributed by atoms with Crippen molar-refractivity contribution < 1.29 is 33.6 Å². The summed E-state index contributed by atoms with van der Waals surface area (Å²) in [4.78, 5) is 11.3. The first kappa shape index (κ1) is 22.9. The number of hydrogen-bond donors (Lipinski definition) is 2. The smallest absolute Gasteiger partial charge is 0.333 e. The Balaban J connectivity index is 1.86. The minimum atomic E-state index is -1.03. The van der Waals surface area contributed by atoms with Gasteiger partial charge in [-0.2, -0.15) is 0 Å². The van der Waals surface area contributed by atoms with Crippen LogP contribution >= 0.6 is 11.6 Å². The minimum Gasteiger partial charge on any atom is -0.491 e. The third-order valence-electron chi connectivity index (χ3n) is 3.81. The summed E-state index contributed by atoms with van der Waals surface area (Å²) in [6.45, 7) is 3.41. The van der Waals surface area contributed by atoms with E-state index in [4.69, 9.17) is 25.8 Å². The van der Waals surface area contributed by atoms with Gasteiger partial charge in [0, 0.05) is 12.5 Å². The SMILES string of the molecule is CC(C)O[C@@H](Cc1cccc(OC[C@@H](O)COc2ccc(Cl)c(F)c2)c1)C(=O)O. The Bertz CT molecular complexity index is 814. The quantitative estimate of drug-likeness (QED) is 0.569. The number of halogens is 2. The summed E-state index contributed by atoms with van der Waals surface area (Å²) in [7, 11) is 0. The Morgan fingerprint density at radius 2 is 1.76 bits per heavy atom. The van der Waals surface area contributed by atoms with Gasteiger partial charge in [-0.05, 0) is 43.7 Å². The topological polar surface area (TPSA) is 85.2 Å². The van der Waals surface area contributed by atoms with Gasteiger partial charge in [-0.1, -0.05) is 23.7 Å². The van der Waals surface area contributed by atoms with Gasteiger partial charge in [-0.3, -0.25) is 0 Å². The summed E-state index contributed by atoms with van der Waals surface area (Å²) in [6.07, 6.45) is -1.92. The molecule has 6 nitrogen and oxygen atoms in total. The van der Waals surface area contributed by atoms with E-state index in [9.17, 15) is 19.4 Å². The molecule has 0 saturated heterocycles. The average Bonchev–Trinajstić information content (AvgIpc) is 2.66. The van der Waals surface area contributed by atoms with Gasteiger partial charge in [0.15, 0.2) is 6.10 Å². The molecule has 0 bridgehead atoms. The molecule has 0 spiro atoms. The lowest BCUT2D eigenvalue weighted by Crippen LogP contribution is -2.29. The molecule has 0 unspecified atom stereocenters. The van der Waals surface area contributed by atoms with E-state index in [1.165, 1.54) is 12.1 Å². The van der Waals surface area contributed by atoms with Gasteiger partial charge < -0.3 is 24.4 Å². The molecule has 2 atom stereocenters. The van der Waals surface area contributed by atoms with Gasteiger partial charge in [-0.15, -0.1) is 0 Å². The van der Waals surface area contributed by atoms with E-state index in [-0.39, 0.29) is 36.5 Å². The van der Waals surface area contributed by atoms with Crippen molar-refractivity contribution in [3.63, 3.8) is 0 Å². The van der Waals surface area contributed by atoms with Crippen LogP contribution < -0.4 is 9.47 Å². The zero-order chi connectivity index (χ0) is 21.4. The van der Waals surface area contributed by atoms with Crippen LogP contribution in [0.4, 0.5) is 4.39 Å². The van der Waals surface area contributed by atoms with E-state index in [1.54, 1.807) is 38.1 Å². The van der Waals surface area contributed by atoms with Crippen molar-refractivity contribution in [1.82, 2.24) is 0 Å². The standard InChI is InChI=1S/C21H24ClFO6/c1-13(2)29-20(21(25)26)9-14-4-3-5-16(8-14)27-11-15(24)12-28-17-6-7-18(22)19(23)10-17/h3-8,10,13,15,20,24H,9,11-12H2,1-2H3,(H,25,26)/t15-,20+/m1/s1. The highest BCUT2D eigenvalue weighted by atomic mass is 35.5. The van der Waals surface area contributed by atoms with Gasteiger partial charge in [0.1, 0.15) is 36.6 Å². The number of aliphatic hydroxyl groups is 1. The zero-order valence-electron chi connectivity index (χ0n) is 16.2. The Labute approximate surface area is 173 Å². The molecule has 2 aromatic rings. The molecule has 8 heteroatoms. The number of ether oxygens (including phenoxy) is 3. The maximum absolute atomic E-state index is 13.4. The van der Waals surface area contributed by atoms with Crippen molar-refractivity contribution in [2.24, 2.45) is 0 Å². The molecule has 2 N–H and O–H groups in total. The summed E-state index contributed by atoms with van der Waals surface area (Å²) in [5, 5.41) is 19.3. The zero-order valence-corrected chi connectivity index (χ0v) is 16.9. The van der Waals surface area contributed by atoms with E-state index in [0.29, 0.717) is 5.75 Å². The number of aliphatic carboxylic acids is 1. The fourth-order valence-corrected chi connectivity index (χ4v) is 2.62. The largest absolute Gasteiger partial charge is 0.491 e. The summed E-state index contributed by atoms with van der Waals surface area (Å²) in [6, 6.07) is 10.9. The van der Waals surface area contributed by atoms with Gasteiger partial charge in [0.2, 0.25) is 0 Å². The lowest BCUT2D eigenvalue weighted by molar-refractivity contribution is -0.153. The lowest BCUT2D eigenvalue weighted by Gasteiger charge is -2.17. The summed E-state index contributed by atoms with van der Waals surface area (Å²) >= 11 is 5.61. The second-order valence-corrected chi connectivity index (χ2v) is 7.12. The number of aliphatic hydroxyl groups excluding tert-OH is 1. The molecule has 0 radical (unpaired) electrons. The predicted octanol–water partition coefficient (Wildman–Crippen LogP) is 3.72. The van der Waals surface area contributed by atoms with Crippen molar-refractivity contribution in [2.45, 2.75) is 38.6 Å². The van der Waals surface area contributed by atoms with Crippen LogP contribution in [0.3, 0.4) is 0 Å². The molecule has 29 heavy (non-hydrogen) atoms. The number of rotatable bonds is 11. The maximum Gasteiger partial charge on any atom is 0.333 e. The molecule has 0 aromatic heterocycles. The second kappa shape index (κ2) is 11.0. The lowest BCUT2D eigenvalue weighted by atomic mass is 10.1. The molecular weight excluding hydrogens is 403 g/mol. The fourth-order valence-electron chi connectivity index (χ4n) is 2.50. The third kappa shape index (κ3) is 7.89. The van der Waals surface area contributed by atoms with Crippen molar-refractivity contribution in [3.05, 3.63) is 58.9 Å². The van der Waals surface area contributed by atoms with Crippen molar-refractivity contribution >= 4 is 17.6 Å². The van der Waals surface area contributed by atoms with Crippen LogP contribution in [-0.4, -0.2) is 47.7 Å². The monoisotopic (exact) mass is 426 g/mol. The molecule has 0 aliphatic heterocycles. The Hall–Kier alpha value is -2.35. The number of carboxylic acids is 1. The van der Waals surface area contributed by atoms with Crippen LogP contribution in [0, 0.1) is 5.82 Å². The van der Waals surface area contributed by atoms with Crippen LogP contribution in [0.1, 0.15) is 19.4 Å². The minimum absolute atomic E-state index is 0.00922. The maximum atomic E-state index is 13.4. The molecular formula is C21H24ClFO6. The third-order valence-corrected chi connectivity index (χ3v) is 4.11. The van der Waals surface area contributed by atoms with Crippen LogP contribution in [0.2, 0.25) is 5.02 Å². The first-order chi connectivity index (χ1) is 13.7. The first-order valence-corrected chi connectivity index (χ1v) is 9.48. The van der Waals surface area contributed by atoms with E-state index < -0.39 is 24.0 Å². The van der Waals surface area contributed by atoms with Crippen molar-refractivity contribution in [1.29, 1.82) is 0 Å². The van der Waals surface area contributed by atoms with E-state index in [2.05, 4.69) is 0 Å². The average molecular weight is 427 g/mol. The van der Waals surface area contributed by atoms with E-state index in [0.717, 1.165) is 11.6 Å². The van der Waals surface area contributed by atoms with Crippen LogP contribution in [0.5, 0.6) is 11.5 Å². The number of benzene rings is 2. The first-order valence-electron chi connectivity index (χ1n) is 9.10. The number of carboxylic acid groups (broad SMARTS) is 1. The van der Waals surface area contributed by atoms with Gasteiger partial charge in [-0.25, -0.2) is 9.18 Å². The van der Waals surface area contributed by atoms with Crippen LogP contribution in [0.15, 0.2) is 42.5 Å². The second-order valence-electron chi connectivity index (χ2n) is 6.71. The number of hydrogen-bond acceptors (Lipinski definition) is 5. The molecule has 0 fully saturated rings. The van der Waals surface area contributed by atoms with E-state index in [1.807, 2.05) is 0 Å². The molecule has 0 amide bonds. The van der Waals surface area contributed by atoms with Crippen molar-refractivity contribution in [3.8, 4) is 11.5 Å². The van der Waals surface area contributed by atoms with Crippen molar-refractivity contribution in [2.75, 3.05) is 13.2 Å². The fraction of sp³-hybridized carbons (Fsp3) is 0.381. The molecule has 158 valence electrons. The van der Waals surface area contributed by atoms with Crippen LogP contribution in [0.25, 0.3) is 0 Å². The molecule has 0 heterocycles. The predicted molar refractivity (Wildman–Crippen MR) is 106 cm³/mol. The Morgan fingerprint density at radius 3 is 2.34 bits per heavy atom. The molecule has 0 aliphatic rings. The molecule has 0 saturated carbocycles. The number of carbonyl (C=O) groups is 1. The molecule has 2 aromatic carbocycles. The highest BCUT2D eigenvalue weighted by molar-refractivity contribution is 6.30. The normalized spacial score (nSPS) is 13.2. The summed E-state index contributed by atoms with van der Waals surface area (Å²) in [5.41, 5.74) is 0.734. The van der Waals surface area contributed by atoms with Crippen LogP contribution in [-0.2, 0) is 16.0 Å². The van der Waals surface area contributed by atoms with E-state index >= 15 is 0 Å².